The van der Waals surface area contributed by atoms with Crippen LogP contribution < -0.4 is 25.3 Å². The Kier molecular flexibility index (Phi) is 5.59. The number of alkyl halides is 2. The van der Waals surface area contributed by atoms with Crippen molar-refractivity contribution in [2.45, 2.75) is 25.5 Å². The fourth-order valence-corrected chi connectivity index (χ4v) is 2.22. The van der Waals surface area contributed by atoms with E-state index in [2.05, 4.69) is 10.1 Å². The number of methoxy groups -OCH3 is 2. The van der Waals surface area contributed by atoms with Gasteiger partial charge in [0, 0.05) is 18.2 Å². The van der Waals surface area contributed by atoms with Crippen LogP contribution in [-0.4, -0.2) is 39.3 Å². The Balaban J connectivity index is 2.15. The fourth-order valence-electron chi connectivity index (χ4n) is 2.22. The van der Waals surface area contributed by atoms with Gasteiger partial charge in [0.2, 0.25) is 5.75 Å². The van der Waals surface area contributed by atoms with Crippen LogP contribution in [-0.2, 0) is 0 Å². The normalized spacial score (nSPS) is 15.2. The van der Waals surface area contributed by atoms with Crippen LogP contribution in [0.3, 0.4) is 0 Å². The van der Waals surface area contributed by atoms with E-state index in [1.54, 1.807) is 0 Å². The van der Waals surface area contributed by atoms with Gasteiger partial charge >= 0.3 is 6.61 Å². The van der Waals surface area contributed by atoms with Crippen LogP contribution in [0.5, 0.6) is 17.2 Å². The van der Waals surface area contributed by atoms with Crippen molar-refractivity contribution in [3.63, 3.8) is 0 Å². The number of halogens is 2. The molecule has 1 saturated carbocycles. The predicted octanol–water partition coefficient (Wildman–Crippen LogP) is 1.77. The molecule has 1 fully saturated rings. The summed E-state index contributed by atoms with van der Waals surface area (Å²) < 4.78 is 39.4. The van der Waals surface area contributed by atoms with Crippen LogP contribution in [0.4, 0.5) is 8.78 Å². The second-order valence-corrected chi connectivity index (χ2v) is 5.30. The van der Waals surface area contributed by atoms with E-state index >= 15 is 0 Å². The Morgan fingerprint density at radius 1 is 1.30 bits per heavy atom. The maximum absolute atomic E-state index is 12.5. The lowest BCUT2D eigenvalue weighted by molar-refractivity contribution is -0.0526. The Labute approximate surface area is 132 Å². The lowest BCUT2D eigenvalue weighted by atomic mass is 10.1. The molecule has 1 aliphatic rings. The molecule has 0 aromatic heterocycles. The van der Waals surface area contributed by atoms with Crippen molar-refractivity contribution in [3.05, 3.63) is 17.7 Å². The SMILES string of the molecule is COc1cc(C(=O)NCC(N)C2CC2)cc(OC)c1OC(F)F. The van der Waals surface area contributed by atoms with E-state index < -0.39 is 6.61 Å². The Morgan fingerprint density at radius 3 is 2.30 bits per heavy atom. The highest BCUT2D eigenvalue weighted by atomic mass is 19.3. The van der Waals surface area contributed by atoms with Crippen molar-refractivity contribution in [3.8, 4) is 17.2 Å². The highest BCUT2D eigenvalue weighted by molar-refractivity contribution is 5.95. The number of ether oxygens (including phenoxy) is 3. The standard InChI is InChI=1S/C15H20F2N2O4/c1-21-11-5-9(6-12(22-2)13(11)23-15(16)17)14(20)19-7-10(18)8-3-4-8/h5-6,8,10,15H,3-4,7,18H2,1-2H3,(H,19,20). The van der Waals surface area contributed by atoms with Crippen molar-refractivity contribution in [1.29, 1.82) is 0 Å². The first kappa shape index (κ1) is 17.3. The summed E-state index contributed by atoms with van der Waals surface area (Å²) in [6.45, 7) is -2.68. The number of nitrogens with two attached hydrogens (primary N) is 1. The monoisotopic (exact) mass is 330 g/mol. The molecule has 0 spiro atoms. The lowest BCUT2D eigenvalue weighted by Crippen LogP contribution is -2.38. The van der Waals surface area contributed by atoms with E-state index in [9.17, 15) is 13.6 Å². The van der Waals surface area contributed by atoms with Gasteiger partial charge in [-0.25, -0.2) is 0 Å². The molecule has 0 bridgehead atoms. The largest absolute Gasteiger partial charge is 0.493 e. The smallest absolute Gasteiger partial charge is 0.387 e. The zero-order valence-corrected chi connectivity index (χ0v) is 13.0. The third kappa shape index (κ3) is 4.44. The Morgan fingerprint density at radius 2 is 1.87 bits per heavy atom. The molecule has 1 unspecified atom stereocenters. The van der Waals surface area contributed by atoms with Crippen molar-refractivity contribution >= 4 is 5.91 Å². The van der Waals surface area contributed by atoms with Crippen LogP contribution in [0.1, 0.15) is 23.2 Å². The molecule has 0 radical (unpaired) electrons. The molecule has 1 aromatic rings. The number of rotatable bonds is 8. The molecule has 3 N–H and O–H groups in total. The van der Waals surface area contributed by atoms with E-state index in [-0.39, 0.29) is 34.8 Å². The first-order chi connectivity index (χ1) is 11.0. The number of hydrogen-bond donors (Lipinski definition) is 2. The number of hydrogen-bond acceptors (Lipinski definition) is 5. The minimum atomic E-state index is -3.03. The van der Waals surface area contributed by atoms with Gasteiger partial charge in [0.1, 0.15) is 0 Å². The summed E-state index contributed by atoms with van der Waals surface area (Å²) in [5.41, 5.74) is 6.14. The third-order valence-corrected chi connectivity index (χ3v) is 3.66. The van der Waals surface area contributed by atoms with Gasteiger partial charge in [0.05, 0.1) is 14.2 Å². The topological polar surface area (TPSA) is 82.8 Å². The summed E-state index contributed by atoms with van der Waals surface area (Å²) in [4.78, 5) is 12.2. The highest BCUT2D eigenvalue weighted by Gasteiger charge is 2.28. The van der Waals surface area contributed by atoms with Crippen molar-refractivity contribution < 1.29 is 27.8 Å². The summed E-state index contributed by atoms with van der Waals surface area (Å²) in [5.74, 6) is -0.207. The zero-order valence-electron chi connectivity index (χ0n) is 13.0. The minimum Gasteiger partial charge on any atom is -0.493 e. The first-order valence-electron chi connectivity index (χ1n) is 7.20. The average molecular weight is 330 g/mol. The number of carbonyl (C=O) groups is 1. The molecule has 128 valence electrons. The van der Waals surface area contributed by atoms with Crippen LogP contribution in [0.25, 0.3) is 0 Å². The second-order valence-electron chi connectivity index (χ2n) is 5.30. The van der Waals surface area contributed by atoms with E-state index in [0.717, 1.165) is 12.8 Å². The quantitative estimate of drug-likeness (QED) is 0.759. The van der Waals surface area contributed by atoms with Gasteiger partial charge in [-0.05, 0) is 30.9 Å². The van der Waals surface area contributed by atoms with Crippen LogP contribution in [0, 0.1) is 5.92 Å². The maximum atomic E-state index is 12.5. The molecule has 1 atom stereocenters. The fraction of sp³-hybridized carbons (Fsp3) is 0.533. The summed E-state index contributed by atoms with van der Waals surface area (Å²) >= 11 is 0. The van der Waals surface area contributed by atoms with Gasteiger partial charge in [-0.3, -0.25) is 4.79 Å². The molecule has 1 aromatic carbocycles. The van der Waals surface area contributed by atoms with E-state index in [0.29, 0.717) is 12.5 Å². The van der Waals surface area contributed by atoms with Crippen LogP contribution in [0.15, 0.2) is 12.1 Å². The second kappa shape index (κ2) is 7.45. The van der Waals surface area contributed by atoms with Gasteiger partial charge in [0.25, 0.3) is 5.91 Å². The molecule has 23 heavy (non-hydrogen) atoms. The van der Waals surface area contributed by atoms with E-state index in [1.165, 1.54) is 26.4 Å². The molecular weight excluding hydrogens is 310 g/mol. The summed E-state index contributed by atoms with van der Waals surface area (Å²) in [6, 6.07) is 2.56. The molecule has 8 heteroatoms. The minimum absolute atomic E-state index is 0.0127. The molecule has 1 amide bonds. The van der Waals surface area contributed by atoms with Crippen molar-refractivity contribution in [1.82, 2.24) is 5.32 Å². The van der Waals surface area contributed by atoms with Gasteiger partial charge in [0.15, 0.2) is 11.5 Å². The van der Waals surface area contributed by atoms with Gasteiger partial charge in [-0.2, -0.15) is 8.78 Å². The predicted molar refractivity (Wildman–Crippen MR) is 79.2 cm³/mol. The van der Waals surface area contributed by atoms with Crippen molar-refractivity contribution in [2.24, 2.45) is 11.7 Å². The zero-order chi connectivity index (χ0) is 17.0. The van der Waals surface area contributed by atoms with Crippen molar-refractivity contribution in [2.75, 3.05) is 20.8 Å². The Bertz CT molecular complexity index is 539. The molecule has 1 aliphatic carbocycles. The number of nitrogens with one attached hydrogen (secondary N) is 1. The molecule has 0 aliphatic heterocycles. The molecule has 6 nitrogen and oxygen atoms in total. The average Bonchev–Trinajstić information content (AvgIpc) is 3.36. The number of benzene rings is 1. The molecule has 0 heterocycles. The van der Waals surface area contributed by atoms with Gasteiger partial charge in [-0.1, -0.05) is 0 Å². The van der Waals surface area contributed by atoms with Gasteiger partial charge < -0.3 is 25.3 Å². The summed E-state index contributed by atoms with van der Waals surface area (Å²) in [5, 5.41) is 2.72. The lowest BCUT2D eigenvalue weighted by Gasteiger charge is -2.16. The Hall–Kier alpha value is -2.09. The highest BCUT2D eigenvalue weighted by Crippen LogP contribution is 2.39. The van der Waals surface area contributed by atoms with E-state index in [1.807, 2.05) is 0 Å². The first-order valence-corrected chi connectivity index (χ1v) is 7.20. The van der Waals surface area contributed by atoms with Gasteiger partial charge in [-0.15, -0.1) is 0 Å². The number of amides is 1. The van der Waals surface area contributed by atoms with Crippen LogP contribution >= 0.6 is 0 Å². The third-order valence-electron chi connectivity index (χ3n) is 3.66. The molecule has 0 saturated heterocycles. The van der Waals surface area contributed by atoms with Crippen LogP contribution in [0.2, 0.25) is 0 Å². The maximum Gasteiger partial charge on any atom is 0.387 e. The number of carbonyl (C=O) groups excluding carboxylic acids is 1. The molecule has 2 rings (SSSR count). The molecular formula is C15H20F2N2O4. The summed E-state index contributed by atoms with van der Waals surface area (Å²) in [6.07, 6.45) is 2.16. The summed E-state index contributed by atoms with van der Waals surface area (Å²) in [7, 11) is 2.58. The van der Waals surface area contributed by atoms with E-state index in [4.69, 9.17) is 15.2 Å².